The van der Waals surface area contributed by atoms with E-state index in [1.165, 1.54) is 0 Å². The van der Waals surface area contributed by atoms with Crippen LogP contribution in [0.4, 0.5) is 0 Å². The molecule has 0 spiro atoms. The van der Waals surface area contributed by atoms with Crippen LogP contribution in [0.15, 0.2) is 33.4 Å². The summed E-state index contributed by atoms with van der Waals surface area (Å²) in [5, 5.41) is 27.8. The Balaban J connectivity index is 2.46. The molecule has 4 N–H and O–H groups in total. The molecule has 0 fully saturated rings. The van der Waals surface area contributed by atoms with Gasteiger partial charge in [0.1, 0.15) is 6.61 Å². The van der Waals surface area contributed by atoms with Crippen molar-refractivity contribution in [1.29, 1.82) is 0 Å². The van der Waals surface area contributed by atoms with Crippen LogP contribution in [0.1, 0.15) is 6.23 Å². The first-order valence-electron chi connectivity index (χ1n) is 4.74. The van der Waals surface area contributed by atoms with Gasteiger partial charge in [-0.1, -0.05) is 0 Å². The van der Waals surface area contributed by atoms with Gasteiger partial charge < -0.3 is 25.0 Å². The Morgan fingerprint density at radius 1 is 1.47 bits per heavy atom. The SMILES string of the molecule is O=c1cc[nH]c(=O)n1[C@@H]1OC(CO)=C(O)C1O. The Morgan fingerprint density at radius 3 is 2.71 bits per heavy atom. The summed E-state index contributed by atoms with van der Waals surface area (Å²) in [6, 6.07) is 1.07. The van der Waals surface area contributed by atoms with Crippen molar-refractivity contribution in [2.75, 3.05) is 6.61 Å². The Kier molecular flexibility index (Phi) is 2.74. The Hall–Kier alpha value is -2.06. The van der Waals surface area contributed by atoms with Gasteiger partial charge in [0.05, 0.1) is 0 Å². The van der Waals surface area contributed by atoms with Crippen LogP contribution >= 0.6 is 0 Å². The third kappa shape index (κ3) is 1.73. The molecule has 0 saturated heterocycles. The number of aliphatic hydroxyl groups excluding tert-OH is 3. The molecule has 92 valence electrons. The second-order valence-electron chi connectivity index (χ2n) is 3.41. The minimum atomic E-state index is -1.57. The minimum Gasteiger partial charge on any atom is -0.506 e. The number of nitrogens with one attached hydrogen (secondary N) is 1. The van der Waals surface area contributed by atoms with Gasteiger partial charge in [0.2, 0.25) is 6.23 Å². The Bertz CT molecular complexity index is 543. The minimum absolute atomic E-state index is 0.266. The fourth-order valence-corrected chi connectivity index (χ4v) is 1.56. The number of nitrogens with zero attached hydrogens (tertiary/aromatic N) is 1. The van der Waals surface area contributed by atoms with Crippen molar-refractivity contribution >= 4 is 0 Å². The standard InChI is InChI=1S/C9H10N2O6/c12-3-4-6(14)7(15)8(17-4)11-5(13)1-2-10-9(11)16/h1-2,7-8,12,14-15H,3H2,(H,10,16)/t7?,8-/m1/s1. The molecule has 1 aliphatic heterocycles. The van der Waals surface area contributed by atoms with Crippen molar-refractivity contribution in [2.24, 2.45) is 0 Å². The normalized spacial score (nSPS) is 23.9. The van der Waals surface area contributed by atoms with E-state index in [-0.39, 0.29) is 5.76 Å². The van der Waals surface area contributed by atoms with Gasteiger partial charge >= 0.3 is 5.69 Å². The van der Waals surface area contributed by atoms with E-state index in [9.17, 15) is 19.8 Å². The summed E-state index contributed by atoms with van der Waals surface area (Å²) < 4.78 is 5.57. The predicted octanol–water partition coefficient (Wildman–Crippen LogP) is -1.81. The van der Waals surface area contributed by atoms with E-state index in [1.54, 1.807) is 0 Å². The van der Waals surface area contributed by atoms with E-state index in [4.69, 9.17) is 9.84 Å². The molecule has 2 atom stereocenters. The summed E-state index contributed by atoms with van der Waals surface area (Å²) in [7, 11) is 0. The molecule has 17 heavy (non-hydrogen) atoms. The third-order valence-corrected chi connectivity index (χ3v) is 2.39. The van der Waals surface area contributed by atoms with E-state index in [1.807, 2.05) is 0 Å². The zero-order valence-corrected chi connectivity index (χ0v) is 8.53. The van der Waals surface area contributed by atoms with Crippen molar-refractivity contribution in [1.82, 2.24) is 9.55 Å². The third-order valence-electron chi connectivity index (χ3n) is 2.39. The van der Waals surface area contributed by atoms with Crippen LogP contribution < -0.4 is 11.2 Å². The van der Waals surface area contributed by atoms with Crippen molar-refractivity contribution in [3.63, 3.8) is 0 Å². The van der Waals surface area contributed by atoms with Gasteiger partial charge in [-0.25, -0.2) is 9.36 Å². The smallest absolute Gasteiger partial charge is 0.331 e. The maximum absolute atomic E-state index is 11.5. The summed E-state index contributed by atoms with van der Waals surface area (Å²) in [4.78, 5) is 25.1. The number of rotatable bonds is 2. The summed E-state index contributed by atoms with van der Waals surface area (Å²) in [6.45, 7) is -0.640. The van der Waals surface area contributed by atoms with Crippen LogP contribution in [0.3, 0.4) is 0 Å². The predicted molar refractivity (Wildman–Crippen MR) is 54.2 cm³/mol. The Labute approximate surface area is 94.0 Å². The van der Waals surface area contributed by atoms with Gasteiger partial charge in [-0.3, -0.25) is 4.79 Å². The van der Waals surface area contributed by atoms with E-state index < -0.39 is 35.9 Å². The molecular formula is C9H10N2O6. The number of hydrogen-bond donors (Lipinski definition) is 4. The second kappa shape index (κ2) is 4.07. The van der Waals surface area contributed by atoms with Crippen LogP contribution in [0.25, 0.3) is 0 Å². The molecule has 2 heterocycles. The molecule has 0 aliphatic carbocycles. The number of aromatic nitrogens is 2. The molecule has 0 saturated carbocycles. The van der Waals surface area contributed by atoms with Crippen LogP contribution in [0, 0.1) is 0 Å². The zero-order valence-electron chi connectivity index (χ0n) is 8.53. The molecule has 1 aromatic heterocycles. The molecule has 8 nitrogen and oxygen atoms in total. The van der Waals surface area contributed by atoms with Gasteiger partial charge in [-0.05, 0) is 0 Å². The molecule has 0 amide bonds. The lowest BCUT2D eigenvalue weighted by Crippen LogP contribution is -2.41. The molecule has 0 radical (unpaired) electrons. The molecule has 1 unspecified atom stereocenters. The monoisotopic (exact) mass is 242 g/mol. The summed E-state index contributed by atoms with van der Waals surface area (Å²) in [6.07, 6.45) is -1.80. The zero-order chi connectivity index (χ0) is 12.6. The van der Waals surface area contributed by atoms with E-state index in [2.05, 4.69) is 4.98 Å². The summed E-state index contributed by atoms with van der Waals surface area (Å²) in [5.41, 5.74) is -1.47. The van der Waals surface area contributed by atoms with Crippen LogP contribution in [-0.2, 0) is 4.74 Å². The quantitative estimate of drug-likeness (QED) is 0.484. The topological polar surface area (TPSA) is 125 Å². The summed E-state index contributed by atoms with van der Waals surface area (Å²) in [5.74, 6) is -0.856. The largest absolute Gasteiger partial charge is 0.506 e. The van der Waals surface area contributed by atoms with Gasteiger partial charge in [0.15, 0.2) is 17.6 Å². The fraction of sp³-hybridized carbons (Fsp3) is 0.333. The maximum atomic E-state index is 11.5. The van der Waals surface area contributed by atoms with Crippen LogP contribution in [0.2, 0.25) is 0 Å². The first-order valence-corrected chi connectivity index (χ1v) is 4.74. The van der Waals surface area contributed by atoms with Gasteiger partial charge in [-0.15, -0.1) is 0 Å². The fourth-order valence-electron chi connectivity index (χ4n) is 1.56. The molecule has 2 rings (SSSR count). The first-order chi connectivity index (χ1) is 8.06. The lowest BCUT2D eigenvalue weighted by Gasteiger charge is -2.16. The number of aliphatic hydroxyl groups is 3. The van der Waals surface area contributed by atoms with E-state index >= 15 is 0 Å². The number of H-pyrrole nitrogens is 1. The maximum Gasteiger partial charge on any atom is 0.331 e. The number of aromatic amines is 1. The lowest BCUT2D eigenvalue weighted by molar-refractivity contribution is -0.0191. The molecule has 8 heteroatoms. The highest BCUT2D eigenvalue weighted by Crippen LogP contribution is 2.28. The number of hydrogen-bond acceptors (Lipinski definition) is 6. The van der Waals surface area contributed by atoms with Crippen molar-refractivity contribution in [2.45, 2.75) is 12.3 Å². The average molecular weight is 242 g/mol. The Morgan fingerprint density at radius 2 is 2.18 bits per heavy atom. The molecular weight excluding hydrogens is 232 g/mol. The van der Waals surface area contributed by atoms with Crippen LogP contribution in [-0.4, -0.2) is 37.6 Å². The molecule has 1 aliphatic rings. The molecule has 1 aromatic rings. The highest BCUT2D eigenvalue weighted by atomic mass is 16.5. The molecule has 0 bridgehead atoms. The van der Waals surface area contributed by atoms with Gasteiger partial charge in [0.25, 0.3) is 5.56 Å². The second-order valence-corrected chi connectivity index (χ2v) is 3.41. The average Bonchev–Trinajstić information content (AvgIpc) is 2.57. The van der Waals surface area contributed by atoms with Gasteiger partial charge in [0, 0.05) is 12.3 Å². The lowest BCUT2D eigenvalue weighted by atomic mass is 10.2. The highest BCUT2D eigenvalue weighted by Gasteiger charge is 2.38. The van der Waals surface area contributed by atoms with Gasteiger partial charge in [-0.2, -0.15) is 0 Å². The first kappa shape index (κ1) is 11.4. The van der Waals surface area contributed by atoms with Crippen molar-refractivity contribution < 1.29 is 20.1 Å². The molecule has 0 aromatic carbocycles. The van der Waals surface area contributed by atoms with Crippen LogP contribution in [0.5, 0.6) is 0 Å². The van der Waals surface area contributed by atoms with E-state index in [0.29, 0.717) is 4.57 Å². The summed E-state index contributed by atoms with van der Waals surface area (Å²) >= 11 is 0. The van der Waals surface area contributed by atoms with Crippen molar-refractivity contribution in [3.05, 3.63) is 44.6 Å². The number of ether oxygens (including phenoxy) is 1. The highest BCUT2D eigenvalue weighted by molar-refractivity contribution is 5.13. The van der Waals surface area contributed by atoms with Crippen molar-refractivity contribution in [3.8, 4) is 0 Å². The van der Waals surface area contributed by atoms with E-state index in [0.717, 1.165) is 12.3 Å².